The molecule has 0 bridgehead atoms. The Morgan fingerprint density at radius 3 is 2.37 bits per heavy atom. The van der Waals surface area contributed by atoms with Crippen LogP contribution in [0, 0.1) is 0 Å². The lowest BCUT2D eigenvalue weighted by Gasteiger charge is -2.23. The molecule has 0 aromatic heterocycles. The first-order valence-electron chi connectivity index (χ1n) is 5.93. The second-order valence-corrected chi connectivity index (χ2v) is 5.18. The van der Waals surface area contributed by atoms with E-state index in [1.807, 2.05) is 6.92 Å². The highest BCUT2D eigenvalue weighted by Gasteiger charge is 2.31. The number of carbonyl (C=O) groups is 1. The molecule has 1 rings (SSSR count). The molecule has 2 nitrogen and oxygen atoms in total. The molecule has 0 radical (unpaired) electrons. The monoisotopic (exact) mass is 291 g/mol. The van der Waals surface area contributed by atoms with Gasteiger partial charge in [-0.1, -0.05) is 6.92 Å². The molecule has 0 atom stereocenters. The minimum absolute atomic E-state index is 0.264. The number of rotatable bonds is 4. The lowest BCUT2D eigenvalue weighted by molar-refractivity contribution is -0.137. The predicted octanol–water partition coefficient (Wildman–Crippen LogP) is 4.19. The average Bonchev–Trinajstić information content (AvgIpc) is 2.30. The van der Waals surface area contributed by atoms with E-state index < -0.39 is 11.7 Å². The Bertz CT molecular complexity index is 460. The standard InChI is InChI=1S/C13H16F3NOS/c1-4-17(9(3)18)11-8-10(13(14,15)16)6-7-12(11)19-5-2/h6-8H,4-5H2,1-3H3. The summed E-state index contributed by atoms with van der Waals surface area (Å²) in [6.45, 7) is 5.34. The van der Waals surface area contributed by atoms with Crippen molar-refractivity contribution in [2.24, 2.45) is 0 Å². The van der Waals surface area contributed by atoms with Crippen molar-refractivity contribution in [3.8, 4) is 0 Å². The van der Waals surface area contributed by atoms with E-state index in [9.17, 15) is 18.0 Å². The zero-order valence-corrected chi connectivity index (χ0v) is 11.9. The minimum Gasteiger partial charge on any atom is -0.312 e. The van der Waals surface area contributed by atoms with Gasteiger partial charge in [-0.3, -0.25) is 4.79 Å². The summed E-state index contributed by atoms with van der Waals surface area (Å²) >= 11 is 1.42. The van der Waals surface area contributed by atoms with Crippen LogP contribution in [0.3, 0.4) is 0 Å². The number of carbonyl (C=O) groups excluding carboxylic acids is 1. The topological polar surface area (TPSA) is 20.3 Å². The molecule has 0 saturated heterocycles. The van der Waals surface area contributed by atoms with Crippen LogP contribution in [0.15, 0.2) is 23.1 Å². The van der Waals surface area contributed by atoms with Crippen molar-refractivity contribution in [2.45, 2.75) is 31.8 Å². The summed E-state index contributed by atoms with van der Waals surface area (Å²) in [6, 6.07) is 3.52. The SMILES string of the molecule is CCSc1ccc(C(F)(F)F)cc1N(CC)C(C)=O. The summed E-state index contributed by atoms with van der Waals surface area (Å²) in [5.41, 5.74) is -0.403. The van der Waals surface area contributed by atoms with E-state index in [1.54, 1.807) is 6.92 Å². The molecule has 0 saturated carbocycles. The molecule has 1 amide bonds. The Balaban J connectivity index is 3.33. The van der Waals surface area contributed by atoms with Crippen LogP contribution in [0.25, 0.3) is 0 Å². The van der Waals surface area contributed by atoms with Crippen molar-refractivity contribution in [2.75, 3.05) is 17.2 Å². The predicted molar refractivity (Wildman–Crippen MR) is 71.5 cm³/mol. The van der Waals surface area contributed by atoms with E-state index >= 15 is 0 Å². The van der Waals surface area contributed by atoms with Crippen LogP contribution in [0.5, 0.6) is 0 Å². The smallest absolute Gasteiger partial charge is 0.312 e. The fourth-order valence-corrected chi connectivity index (χ4v) is 2.54. The molecule has 0 heterocycles. The fraction of sp³-hybridized carbons (Fsp3) is 0.462. The van der Waals surface area contributed by atoms with Crippen molar-refractivity contribution in [1.29, 1.82) is 0 Å². The van der Waals surface area contributed by atoms with E-state index in [4.69, 9.17) is 0 Å². The van der Waals surface area contributed by atoms with Gasteiger partial charge in [0, 0.05) is 18.4 Å². The normalized spacial score (nSPS) is 11.5. The van der Waals surface area contributed by atoms with Gasteiger partial charge in [0.25, 0.3) is 0 Å². The number of benzene rings is 1. The number of thioether (sulfide) groups is 1. The summed E-state index contributed by atoms with van der Waals surface area (Å²) in [5.74, 6) is 0.466. The number of hydrogen-bond donors (Lipinski definition) is 0. The molecule has 0 aliphatic rings. The second-order valence-electron chi connectivity index (χ2n) is 3.88. The van der Waals surface area contributed by atoms with E-state index in [0.717, 1.165) is 17.9 Å². The molecule has 19 heavy (non-hydrogen) atoms. The Kier molecular flexibility index (Phi) is 5.29. The Morgan fingerprint density at radius 1 is 1.32 bits per heavy atom. The van der Waals surface area contributed by atoms with Crippen molar-refractivity contribution in [1.82, 2.24) is 0 Å². The molecule has 1 aromatic rings. The van der Waals surface area contributed by atoms with E-state index in [1.165, 1.54) is 29.7 Å². The van der Waals surface area contributed by atoms with Gasteiger partial charge in [0.15, 0.2) is 0 Å². The highest BCUT2D eigenvalue weighted by atomic mass is 32.2. The third-order valence-electron chi connectivity index (χ3n) is 2.57. The summed E-state index contributed by atoms with van der Waals surface area (Å²) in [5, 5.41) is 0. The van der Waals surface area contributed by atoms with Gasteiger partial charge in [-0.15, -0.1) is 11.8 Å². The highest BCUT2D eigenvalue weighted by Crippen LogP contribution is 2.37. The molecule has 6 heteroatoms. The molecule has 0 aliphatic carbocycles. The van der Waals surface area contributed by atoms with Gasteiger partial charge in [-0.05, 0) is 30.9 Å². The summed E-state index contributed by atoms with van der Waals surface area (Å²) in [4.78, 5) is 13.6. The Hall–Kier alpha value is -1.17. The zero-order valence-electron chi connectivity index (χ0n) is 11.0. The first-order valence-corrected chi connectivity index (χ1v) is 6.92. The van der Waals surface area contributed by atoms with E-state index in [0.29, 0.717) is 17.1 Å². The molecule has 106 valence electrons. The quantitative estimate of drug-likeness (QED) is 0.775. The van der Waals surface area contributed by atoms with Crippen molar-refractivity contribution >= 4 is 23.4 Å². The third kappa shape index (κ3) is 3.89. The minimum atomic E-state index is -4.40. The number of anilines is 1. The first-order chi connectivity index (χ1) is 8.81. The fourth-order valence-electron chi connectivity index (χ4n) is 1.74. The van der Waals surface area contributed by atoms with Crippen molar-refractivity contribution < 1.29 is 18.0 Å². The molecule has 1 aromatic carbocycles. The maximum absolute atomic E-state index is 12.7. The van der Waals surface area contributed by atoms with Crippen LogP contribution in [0.2, 0.25) is 0 Å². The van der Waals surface area contributed by atoms with Crippen LogP contribution in [-0.2, 0) is 11.0 Å². The number of nitrogens with zero attached hydrogens (tertiary/aromatic N) is 1. The maximum Gasteiger partial charge on any atom is 0.416 e. The molecule has 0 spiro atoms. The van der Waals surface area contributed by atoms with Crippen LogP contribution in [0.1, 0.15) is 26.3 Å². The summed E-state index contributed by atoms with van der Waals surface area (Å²) in [7, 11) is 0. The number of hydrogen-bond acceptors (Lipinski definition) is 2. The molecular weight excluding hydrogens is 275 g/mol. The van der Waals surface area contributed by atoms with Crippen LogP contribution >= 0.6 is 11.8 Å². The second kappa shape index (κ2) is 6.32. The lowest BCUT2D eigenvalue weighted by Crippen LogP contribution is -2.28. The summed E-state index contributed by atoms with van der Waals surface area (Å²) < 4.78 is 38.2. The van der Waals surface area contributed by atoms with Crippen molar-refractivity contribution in [3.05, 3.63) is 23.8 Å². The third-order valence-corrected chi connectivity index (χ3v) is 3.52. The first kappa shape index (κ1) is 15.9. The molecular formula is C13H16F3NOS. The van der Waals surface area contributed by atoms with Crippen LogP contribution in [-0.4, -0.2) is 18.2 Å². The summed E-state index contributed by atoms with van der Waals surface area (Å²) in [6.07, 6.45) is -4.40. The van der Waals surface area contributed by atoms with Gasteiger partial charge < -0.3 is 4.90 Å². The van der Waals surface area contributed by atoms with Gasteiger partial charge >= 0.3 is 6.18 Å². The van der Waals surface area contributed by atoms with Gasteiger partial charge in [0.2, 0.25) is 5.91 Å². The maximum atomic E-state index is 12.7. The molecule has 0 N–H and O–H groups in total. The van der Waals surface area contributed by atoms with Gasteiger partial charge in [0.05, 0.1) is 11.3 Å². The molecule has 0 aliphatic heterocycles. The molecule has 0 fully saturated rings. The largest absolute Gasteiger partial charge is 0.416 e. The number of halogens is 3. The Morgan fingerprint density at radius 2 is 1.95 bits per heavy atom. The zero-order chi connectivity index (χ0) is 14.6. The van der Waals surface area contributed by atoms with E-state index in [2.05, 4.69) is 0 Å². The van der Waals surface area contributed by atoms with Crippen LogP contribution in [0.4, 0.5) is 18.9 Å². The lowest BCUT2D eigenvalue weighted by atomic mass is 10.1. The van der Waals surface area contributed by atoms with E-state index in [-0.39, 0.29) is 5.91 Å². The average molecular weight is 291 g/mol. The van der Waals surface area contributed by atoms with Gasteiger partial charge in [-0.25, -0.2) is 0 Å². The van der Waals surface area contributed by atoms with Crippen molar-refractivity contribution in [3.63, 3.8) is 0 Å². The Labute approximate surface area is 115 Å². The molecule has 0 unspecified atom stereocenters. The van der Waals surface area contributed by atoms with Gasteiger partial charge in [0.1, 0.15) is 0 Å². The number of alkyl halides is 3. The highest BCUT2D eigenvalue weighted by molar-refractivity contribution is 7.99. The number of amides is 1. The van der Waals surface area contributed by atoms with Gasteiger partial charge in [-0.2, -0.15) is 13.2 Å². The van der Waals surface area contributed by atoms with Crippen LogP contribution < -0.4 is 4.90 Å².